The largest absolute Gasteiger partial charge is 0.378 e. The molecule has 1 amide bonds. The second-order valence-electron chi connectivity index (χ2n) is 8.90. The fraction of sp³-hybridized carbons (Fsp3) is 0.950. The van der Waals surface area contributed by atoms with Gasteiger partial charge in [0.05, 0.1) is 19.3 Å². The predicted molar refractivity (Wildman–Crippen MR) is 98.5 cm³/mol. The van der Waals surface area contributed by atoms with E-state index in [1.165, 1.54) is 58.0 Å². The van der Waals surface area contributed by atoms with Crippen LogP contribution in [-0.4, -0.2) is 85.7 Å². The van der Waals surface area contributed by atoms with Crippen LogP contribution in [-0.2, 0) is 9.53 Å². The van der Waals surface area contributed by atoms with Crippen molar-refractivity contribution in [3.63, 3.8) is 0 Å². The Labute approximate surface area is 152 Å². The highest BCUT2D eigenvalue weighted by Gasteiger charge is 2.48. The topological polar surface area (TPSA) is 36.0 Å². The summed E-state index contributed by atoms with van der Waals surface area (Å²) in [7, 11) is 2.16. The average molecular weight is 350 g/mol. The summed E-state index contributed by atoms with van der Waals surface area (Å²) in [6, 6.07) is 0.940. The molecule has 4 aliphatic rings. The minimum atomic E-state index is 0.0966. The van der Waals surface area contributed by atoms with Crippen LogP contribution < -0.4 is 0 Å². The molecule has 1 aliphatic carbocycles. The number of ether oxygens (including phenoxy) is 1. The summed E-state index contributed by atoms with van der Waals surface area (Å²) in [5.74, 6) is 0.345. The van der Waals surface area contributed by atoms with Gasteiger partial charge in [-0.15, -0.1) is 0 Å². The lowest BCUT2D eigenvalue weighted by molar-refractivity contribution is -0.139. The van der Waals surface area contributed by atoms with E-state index in [1.807, 2.05) is 4.90 Å². The maximum atomic E-state index is 13.0. The SMILES string of the molecule is CN1CC2(CCN(C3CCCCC3)CC2)CC1C(=O)N1CCOCC1. The maximum absolute atomic E-state index is 13.0. The Bertz CT molecular complexity index is 464. The van der Waals surface area contributed by atoms with Crippen LogP contribution in [0.15, 0.2) is 0 Å². The predicted octanol–water partition coefficient (Wildman–Crippen LogP) is 1.96. The van der Waals surface area contributed by atoms with Crippen LogP contribution >= 0.6 is 0 Å². The lowest BCUT2D eigenvalue weighted by Gasteiger charge is -2.43. The molecule has 4 fully saturated rings. The molecule has 1 atom stereocenters. The van der Waals surface area contributed by atoms with Crippen LogP contribution in [0.1, 0.15) is 51.4 Å². The molecule has 1 spiro atoms. The van der Waals surface area contributed by atoms with Crippen LogP contribution in [0.2, 0.25) is 0 Å². The molecule has 1 unspecified atom stereocenters. The summed E-state index contributed by atoms with van der Waals surface area (Å²) in [5, 5.41) is 0. The highest BCUT2D eigenvalue weighted by atomic mass is 16.5. The highest BCUT2D eigenvalue weighted by Crippen LogP contribution is 2.44. The maximum Gasteiger partial charge on any atom is 0.240 e. The first kappa shape index (κ1) is 17.7. The summed E-state index contributed by atoms with van der Waals surface area (Å²) in [6.45, 7) is 6.53. The van der Waals surface area contributed by atoms with E-state index >= 15 is 0 Å². The quantitative estimate of drug-likeness (QED) is 0.764. The van der Waals surface area contributed by atoms with E-state index in [2.05, 4.69) is 16.8 Å². The van der Waals surface area contributed by atoms with Gasteiger partial charge in [-0.3, -0.25) is 9.69 Å². The molecule has 3 saturated heterocycles. The number of likely N-dealkylation sites (tertiary alicyclic amines) is 2. The fourth-order valence-corrected chi connectivity index (χ4v) is 5.71. The Morgan fingerprint density at radius 3 is 2.36 bits per heavy atom. The van der Waals surface area contributed by atoms with Gasteiger partial charge in [0, 0.05) is 25.7 Å². The normalized spacial score (nSPS) is 32.4. The van der Waals surface area contributed by atoms with Gasteiger partial charge < -0.3 is 14.5 Å². The van der Waals surface area contributed by atoms with E-state index in [1.54, 1.807) is 0 Å². The van der Waals surface area contributed by atoms with E-state index in [9.17, 15) is 4.79 Å². The molecular weight excluding hydrogens is 314 g/mol. The van der Waals surface area contributed by atoms with Gasteiger partial charge in [-0.2, -0.15) is 0 Å². The molecule has 0 bridgehead atoms. The van der Waals surface area contributed by atoms with Crippen molar-refractivity contribution in [3.05, 3.63) is 0 Å². The zero-order valence-corrected chi connectivity index (χ0v) is 15.9. The number of hydrogen-bond donors (Lipinski definition) is 0. The lowest BCUT2D eigenvalue weighted by atomic mass is 9.75. The molecule has 1 saturated carbocycles. The van der Waals surface area contributed by atoms with E-state index in [0.29, 0.717) is 24.5 Å². The van der Waals surface area contributed by atoms with E-state index in [4.69, 9.17) is 4.74 Å². The van der Waals surface area contributed by atoms with Gasteiger partial charge in [-0.05, 0) is 57.7 Å². The molecule has 0 aromatic carbocycles. The monoisotopic (exact) mass is 349 g/mol. The molecule has 25 heavy (non-hydrogen) atoms. The van der Waals surface area contributed by atoms with E-state index < -0.39 is 0 Å². The smallest absolute Gasteiger partial charge is 0.240 e. The van der Waals surface area contributed by atoms with Gasteiger partial charge >= 0.3 is 0 Å². The van der Waals surface area contributed by atoms with Crippen LogP contribution in [0.3, 0.4) is 0 Å². The summed E-state index contributed by atoms with van der Waals surface area (Å²) in [4.78, 5) is 20.1. The first-order valence-corrected chi connectivity index (χ1v) is 10.5. The molecule has 0 aromatic rings. The number of likely N-dealkylation sites (N-methyl/N-ethyl adjacent to an activating group) is 1. The number of piperidine rings is 1. The Morgan fingerprint density at radius 1 is 1.00 bits per heavy atom. The van der Waals surface area contributed by atoms with Crippen LogP contribution in [0.25, 0.3) is 0 Å². The zero-order valence-electron chi connectivity index (χ0n) is 15.9. The molecule has 3 aliphatic heterocycles. The number of carbonyl (C=O) groups excluding carboxylic acids is 1. The van der Waals surface area contributed by atoms with Gasteiger partial charge in [0.2, 0.25) is 5.91 Å². The summed E-state index contributed by atoms with van der Waals surface area (Å²) < 4.78 is 5.41. The van der Waals surface area contributed by atoms with Crippen LogP contribution in [0.4, 0.5) is 0 Å². The van der Waals surface area contributed by atoms with Crippen molar-refractivity contribution in [2.24, 2.45) is 5.41 Å². The second-order valence-corrected chi connectivity index (χ2v) is 8.90. The second kappa shape index (κ2) is 7.53. The number of hydrogen-bond acceptors (Lipinski definition) is 4. The van der Waals surface area contributed by atoms with Crippen molar-refractivity contribution in [3.8, 4) is 0 Å². The Kier molecular flexibility index (Phi) is 5.35. The van der Waals surface area contributed by atoms with E-state index in [0.717, 1.165) is 32.1 Å². The first-order chi connectivity index (χ1) is 12.2. The summed E-state index contributed by atoms with van der Waals surface area (Å²) >= 11 is 0. The van der Waals surface area contributed by atoms with Crippen molar-refractivity contribution in [2.75, 3.05) is 53.0 Å². The molecular formula is C20H35N3O2. The van der Waals surface area contributed by atoms with Gasteiger partial charge in [-0.1, -0.05) is 19.3 Å². The Balaban J connectivity index is 1.33. The van der Waals surface area contributed by atoms with Crippen molar-refractivity contribution in [1.29, 1.82) is 0 Å². The molecule has 142 valence electrons. The fourth-order valence-electron chi connectivity index (χ4n) is 5.71. The molecule has 4 rings (SSSR count). The van der Waals surface area contributed by atoms with Crippen LogP contribution in [0, 0.1) is 5.41 Å². The minimum absolute atomic E-state index is 0.0966. The third-order valence-electron chi connectivity index (χ3n) is 7.30. The standard InChI is InChI=1S/C20H35N3O2/c1-21-16-20(15-18(21)19(24)23-11-13-25-14-12-23)7-9-22(10-8-20)17-5-3-2-4-6-17/h17-18H,2-16H2,1H3. The van der Waals surface area contributed by atoms with Crippen molar-refractivity contribution in [2.45, 2.75) is 63.5 Å². The molecule has 0 aromatic heterocycles. The zero-order chi connectivity index (χ0) is 17.3. The van der Waals surface area contributed by atoms with Gasteiger partial charge in [0.15, 0.2) is 0 Å². The average Bonchev–Trinajstić information content (AvgIpc) is 2.99. The van der Waals surface area contributed by atoms with Crippen molar-refractivity contribution >= 4 is 5.91 Å². The van der Waals surface area contributed by atoms with Crippen molar-refractivity contribution in [1.82, 2.24) is 14.7 Å². The summed E-state index contributed by atoms with van der Waals surface area (Å²) in [5.41, 5.74) is 0.381. The first-order valence-electron chi connectivity index (χ1n) is 10.5. The molecule has 0 N–H and O–H groups in total. The Hall–Kier alpha value is -0.650. The molecule has 5 nitrogen and oxygen atoms in total. The minimum Gasteiger partial charge on any atom is -0.378 e. The number of amides is 1. The number of morpholine rings is 1. The molecule has 0 radical (unpaired) electrons. The number of nitrogens with zero attached hydrogens (tertiary/aromatic N) is 3. The van der Waals surface area contributed by atoms with Crippen LogP contribution in [0.5, 0.6) is 0 Å². The molecule has 5 heteroatoms. The third-order valence-corrected chi connectivity index (χ3v) is 7.30. The number of carbonyl (C=O) groups is 1. The molecule has 3 heterocycles. The van der Waals surface area contributed by atoms with E-state index in [-0.39, 0.29) is 6.04 Å². The lowest BCUT2D eigenvalue weighted by Crippen LogP contribution is -2.48. The van der Waals surface area contributed by atoms with Gasteiger partial charge in [0.25, 0.3) is 0 Å². The third kappa shape index (κ3) is 3.74. The van der Waals surface area contributed by atoms with Gasteiger partial charge in [0.1, 0.15) is 0 Å². The summed E-state index contributed by atoms with van der Waals surface area (Å²) in [6.07, 6.45) is 10.7. The Morgan fingerprint density at radius 2 is 1.68 bits per heavy atom. The highest BCUT2D eigenvalue weighted by molar-refractivity contribution is 5.82. The van der Waals surface area contributed by atoms with Gasteiger partial charge in [-0.25, -0.2) is 0 Å². The van der Waals surface area contributed by atoms with Crippen molar-refractivity contribution < 1.29 is 9.53 Å². The number of rotatable bonds is 2.